The molecule has 1 aliphatic carbocycles. The summed E-state index contributed by atoms with van der Waals surface area (Å²) in [5, 5.41) is 0. The van der Waals surface area contributed by atoms with Gasteiger partial charge >= 0.3 is 0 Å². The summed E-state index contributed by atoms with van der Waals surface area (Å²) in [7, 11) is 0. The van der Waals surface area contributed by atoms with E-state index in [-0.39, 0.29) is 25.9 Å². The topological polar surface area (TPSA) is 17.1 Å². The number of allylic oxidation sites excluding steroid dienone is 5. The second kappa shape index (κ2) is 7.47. The van der Waals surface area contributed by atoms with Gasteiger partial charge in [0.05, 0.1) is 0 Å². The van der Waals surface area contributed by atoms with Crippen molar-refractivity contribution in [3.63, 3.8) is 0 Å². The Hall–Kier alpha value is -1.11. The van der Waals surface area contributed by atoms with Crippen molar-refractivity contribution in [1.29, 1.82) is 0 Å². The molecule has 0 bridgehead atoms. The molecule has 0 amide bonds. The first-order chi connectivity index (χ1) is 8.36. The molecule has 19 heavy (non-hydrogen) atoms. The summed E-state index contributed by atoms with van der Waals surface area (Å²) in [6, 6.07) is 0. The average molecular weight is 434 g/mol. The van der Waals surface area contributed by atoms with Gasteiger partial charge in [-0.2, -0.15) is 27.8 Å². The molecule has 1 aromatic rings. The van der Waals surface area contributed by atoms with Crippen LogP contribution in [-0.2, 0) is 24.9 Å². The monoisotopic (exact) mass is 434 g/mol. The Morgan fingerprint density at radius 2 is 1.37 bits per heavy atom. The van der Waals surface area contributed by atoms with E-state index in [1.165, 1.54) is 33.9 Å². The molecule has 1 aromatic carbocycles. The molecular weight excluding hydrogens is 412 g/mol. The minimum atomic E-state index is 0. The van der Waals surface area contributed by atoms with Crippen LogP contribution in [0.4, 0.5) is 0 Å². The van der Waals surface area contributed by atoms with Gasteiger partial charge in [-0.15, -0.1) is 0 Å². The fourth-order valence-electron chi connectivity index (χ4n) is 1.91. The first kappa shape index (κ1) is 17.9. The Balaban J connectivity index is 0.000000331. The largest absolute Gasteiger partial charge is 0.289 e. The molecule has 0 unspecified atom stereocenters. The number of carbonyl (C=O) groups is 1. The fraction of sp³-hybridized carbons (Fsp3) is 0.294. The van der Waals surface area contributed by atoms with E-state index in [0.717, 1.165) is 0 Å². The third-order valence-corrected chi connectivity index (χ3v) is 3.79. The zero-order valence-electron chi connectivity index (χ0n) is 12.3. The van der Waals surface area contributed by atoms with E-state index in [0.29, 0.717) is 5.57 Å². The van der Waals surface area contributed by atoms with Crippen molar-refractivity contribution in [2.45, 2.75) is 34.6 Å². The van der Waals surface area contributed by atoms with Crippen LogP contribution in [0, 0.1) is 34.6 Å². The molecule has 0 saturated heterocycles. The van der Waals surface area contributed by atoms with Crippen LogP contribution in [0.1, 0.15) is 27.8 Å². The van der Waals surface area contributed by atoms with E-state index in [9.17, 15) is 4.79 Å². The minimum absolute atomic E-state index is 0. The third kappa shape index (κ3) is 4.19. The van der Waals surface area contributed by atoms with Crippen LogP contribution in [0.2, 0.25) is 0 Å². The maximum absolute atomic E-state index is 10.6. The molecule has 0 fully saturated rings. The molecule has 0 heterocycles. The van der Waals surface area contributed by atoms with Gasteiger partial charge in [-0.05, 0) is 6.08 Å². The standard InChI is InChI=1S/C10H15.C7H6O.Ir/c1-6-7(2)9(4)10(5)8(6)3;1-6-4-2-3-5-7(6)8;/h1-5H3;2-5H,1H2;/q-1;;. The Morgan fingerprint density at radius 1 is 0.947 bits per heavy atom. The summed E-state index contributed by atoms with van der Waals surface area (Å²) in [6.07, 6.45) is 6.70. The molecule has 0 atom stereocenters. The molecule has 0 aromatic heterocycles. The fourth-order valence-corrected chi connectivity index (χ4v) is 1.91. The molecule has 0 N–H and O–H groups in total. The number of carbonyl (C=O) groups excluding carboxylic acids is 1. The van der Waals surface area contributed by atoms with E-state index in [4.69, 9.17) is 0 Å². The van der Waals surface area contributed by atoms with Crippen molar-refractivity contribution in [1.82, 2.24) is 0 Å². The van der Waals surface area contributed by atoms with E-state index in [2.05, 4.69) is 41.2 Å². The zero-order valence-corrected chi connectivity index (χ0v) is 14.7. The van der Waals surface area contributed by atoms with Crippen molar-refractivity contribution in [3.05, 3.63) is 64.3 Å². The summed E-state index contributed by atoms with van der Waals surface area (Å²) in [5.74, 6) is 0.00694. The number of hydrogen-bond donors (Lipinski definition) is 0. The van der Waals surface area contributed by atoms with Crippen LogP contribution in [-0.4, -0.2) is 5.78 Å². The van der Waals surface area contributed by atoms with Gasteiger partial charge in [0.15, 0.2) is 5.78 Å². The molecule has 0 saturated carbocycles. The van der Waals surface area contributed by atoms with Crippen molar-refractivity contribution < 1.29 is 24.9 Å². The molecule has 2 heteroatoms. The summed E-state index contributed by atoms with van der Waals surface area (Å²) < 4.78 is 0. The van der Waals surface area contributed by atoms with Gasteiger partial charge in [0.1, 0.15) is 0 Å². The van der Waals surface area contributed by atoms with E-state index >= 15 is 0 Å². The second-order valence-corrected chi connectivity index (χ2v) is 4.73. The normalized spacial score (nSPS) is 12.9. The maximum atomic E-state index is 10.6. The molecule has 0 aliphatic heterocycles. The number of hydrogen-bond acceptors (Lipinski definition) is 1. The zero-order chi connectivity index (χ0) is 13.9. The Morgan fingerprint density at radius 3 is 1.58 bits per heavy atom. The van der Waals surface area contributed by atoms with E-state index in [1.54, 1.807) is 18.2 Å². The van der Waals surface area contributed by atoms with Crippen molar-refractivity contribution in [2.75, 3.05) is 0 Å². The predicted octanol–water partition coefficient (Wildman–Crippen LogP) is 4.18. The van der Waals surface area contributed by atoms with Gasteiger partial charge in [0, 0.05) is 25.7 Å². The Kier molecular flexibility index (Phi) is 7.03. The molecule has 105 valence electrons. The second-order valence-electron chi connectivity index (χ2n) is 4.73. The predicted molar refractivity (Wildman–Crippen MR) is 78.1 cm³/mol. The SMILES string of the molecule is C=C1C=CC=CC1=O.Cc1c(C)c(C)[c-](C)c1C.[Ir]. The average Bonchev–Trinajstić information content (AvgIpc) is 2.52. The number of ketones is 1. The first-order valence-corrected chi connectivity index (χ1v) is 6.14. The summed E-state index contributed by atoms with van der Waals surface area (Å²) in [5.41, 5.74) is 7.90. The smallest absolute Gasteiger partial charge is 0.185 e. The molecule has 1 aliphatic rings. The van der Waals surface area contributed by atoms with E-state index in [1.807, 2.05) is 0 Å². The summed E-state index contributed by atoms with van der Waals surface area (Å²) in [6.45, 7) is 14.5. The van der Waals surface area contributed by atoms with Gasteiger partial charge in [-0.1, -0.05) is 59.4 Å². The minimum Gasteiger partial charge on any atom is -0.289 e. The molecule has 1 nitrogen and oxygen atoms in total. The summed E-state index contributed by atoms with van der Waals surface area (Å²) in [4.78, 5) is 10.6. The molecular formula is C17H21IrO-. The van der Waals surface area contributed by atoms with Crippen LogP contribution in [0.25, 0.3) is 0 Å². The summed E-state index contributed by atoms with van der Waals surface area (Å²) >= 11 is 0. The van der Waals surface area contributed by atoms with Crippen LogP contribution in [0.3, 0.4) is 0 Å². The Labute approximate surface area is 129 Å². The van der Waals surface area contributed by atoms with Crippen molar-refractivity contribution >= 4 is 5.78 Å². The van der Waals surface area contributed by atoms with E-state index < -0.39 is 0 Å². The van der Waals surface area contributed by atoms with Gasteiger partial charge in [0.2, 0.25) is 0 Å². The maximum Gasteiger partial charge on any atom is 0.185 e. The molecule has 2 rings (SSSR count). The van der Waals surface area contributed by atoms with Crippen LogP contribution in [0.15, 0.2) is 36.5 Å². The Bertz CT molecular complexity index is 440. The third-order valence-electron chi connectivity index (χ3n) is 3.79. The molecule has 1 radical (unpaired) electrons. The number of rotatable bonds is 0. The van der Waals surface area contributed by atoms with Crippen molar-refractivity contribution in [3.8, 4) is 0 Å². The van der Waals surface area contributed by atoms with Gasteiger partial charge < -0.3 is 0 Å². The first-order valence-electron chi connectivity index (χ1n) is 6.14. The quantitative estimate of drug-likeness (QED) is 0.443. The van der Waals surface area contributed by atoms with Crippen LogP contribution < -0.4 is 0 Å². The van der Waals surface area contributed by atoms with Crippen molar-refractivity contribution in [2.24, 2.45) is 0 Å². The van der Waals surface area contributed by atoms with Gasteiger partial charge in [-0.25, -0.2) is 0 Å². The van der Waals surface area contributed by atoms with Gasteiger partial charge in [-0.3, -0.25) is 4.79 Å². The molecule has 0 spiro atoms. The van der Waals surface area contributed by atoms with Gasteiger partial charge in [0.25, 0.3) is 0 Å². The van der Waals surface area contributed by atoms with Crippen LogP contribution in [0.5, 0.6) is 0 Å². The van der Waals surface area contributed by atoms with Crippen LogP contribution >= 0.6 is 0 Å².